The van der Waals surface area contributed by atoms with Crippen molar-refractivity contribution in [2.45, 2.75) is 24.4 Å². The molecule has 0 aliphatic rings. The van der Waals surface area contributed by atoms with Gasteiger partial charge >= 0.3 is 0 Å². The van der Waals surface area contributed by atoms with E-state index in [1.165, 1.54) is 24.2 Å². The largest absolute Gasteiger partial charge is 0.349 e. The number of benzene rings is 2. The summed E-state index contributed by atoms with van der Waals surface area (Å²) in [5.41, 5.74) is 1.85. The molecule has 1 aromatic heterocycles. The van der Waals surface area contributed by atoms with Gasteiger partial charge in [-0.2, -0.15) is 0 Å². The third-order valence-corrected chi connectivity index (χ3v) is 5.11. The molecule has 3 aromatic rings. The fraction of sp³-hybridized carbons (Fsp3) is 0.167. The van der Waals surface area contributed by atoms with Crippen LogP contribution in [0.1, 0.15) is 18.3 Å². The highest BCUT2D eigenvalue weighted by atomic mass is 35.5. The molecule has 0 atom stereocenters. The normalized spacial score (nSPS) is 10.7. The van der Waals surface area contributed by atoms with Crippen LogP contribution < -0.4 is 5.32 Å². The third kappa shape index (κ3) is 4.58. The minimum Gasteiger partial charge on any atom is -0.349 e. The average molecular weight is 407 g/mol. The lowest BCUT2D eigenvalue weighted by molar-refractivity contribution is -0.119. The number of aromatic nitrogens is 3. The Labute approximate surface area is 165 Å². The van der Waals surface area contributed by atoms with Crippen molar-refractivity contribution in [3.63, 3.8) is 0 Å². The zero-order valence-electron chi connectivity index (χ0n) is 13.9. The van der Waals surface area contributed by atoms with Gasteiger partial charge in [-0.3, -0.25) is 9.36 Å². The van der Waals surface area contributed by atoms with Crippen LogP contribution in [0, 0.1) is 0 Å². The topological polar surface area (TPSA) is 59.8 Å². The molecular formula is C18H16Cl2N4OS. The molecule has 134 valence electrons. The molecule has 0 radical (unpaired) electrons. The number of nitrogens with zero attached hydrogens (tertiary/aromatic N) is 3. The first kappa shape index (κ1) is 18.8. The molecule has 0 aliphatic heterocycles. The number of amides is 1. The van der Waals surface area contributed by atoms with Crippen LogP contribution in [0.4, 0.5) is 0 Å². The standard InChI is InChI=1S/C18H16Cl2N4OS/c1-12(25)21-10-17-22-23-18(26-11-13-5-3-2-4-6-13)24(17)16-9-14(19)7-8-15(16)20/h2-9H,10-11H2,1H3,(H,21,25). The highest BCUT2D eigenvalue weighted by Crippen LogP contribution is 2.30. The van der Waals surface area contributed by atoms with Crippen LogP contribution in [0.2, 0.25) is 10.0 Å². The van der Waals surface area contributed by atoms with Gasteiger partial charge in [0.2, 0.25) is 5.91 Å². The number of rotatable bonds is 6. The molecule has 0 saturated carbocycles. The van der Waals surface area contributed by atoms with Gasteiger partial charge in [0.1, 0.15) is 0 Å². The van der Waals surface area contributed by atoms with Crippen molar-refractivity contribution in [2.24, 2.45) is 0 Å². The van der Waals surface area contributed by atoms with E-state index in [-0.39, 0.29) is 12.5 Å². The van der Waals surface area contributed by atoms with E-state index in [2.05, 4.69) is 27.6 Å². The molecule has 26 heavy (non-hydrogen) atoms. The van der Waals surface area contributed by atoms with Crippen LogP contribution in [-0.4, -0.2) is 20.7 Å². The summed E-state index contributed by atoms with van der Waals surface area (Å²) in [7, 11) is 0. The highest BCUT2D eigenvalue weighted by molar-refractivity contribution is 7.98. The van der Waals surface area contributed by atoms with E-state index in [9.17, 15) is 4.79 Å². The molecule has 1 N–H and O–H groups in total. The maximum Gasteiger partial charge on any atom is 0.217 e. The maximum absolute atomic E-state index is 11.3. The predicted octanol–water partition coefficient (Wildman–Crippen LogP) is 4.50. The molecule has 0 saturated heterocycles. The Balaban J connectivity index is 1.96. The number of hydrogen-bond donors (Lipinski definition) is 1. The lowest BCUT2D eigenvalue weighted by Gasteiger charge is -2.12. The first-order valence-electron chi connectivity index (χ1n) is 7.85. The first-order chi connectivity index (χ1) is 12.5. The van der Waals surface area contributed by atoms with Crippen LogP contribution in [0.25, 0.3) is 5.69 Å². The third-order valence-electron chi connectivity index (χ3n) is 3.56. The lowest BCUT2D eigenvalue weighted by Crippen LogP contribution is -2.21. The van der Waals surface area contributed by atoms with E-state index in [1.807, 2.05) is 22.8 Å². The van der Waals surface area contributed by atoms with E-state index in [0.29, 0.717) is 26.7 Å². The van der Waals surface area contributed by atoms with E-state index < -0.39 is 0 Å². The minimum absolute atomic E-state index is 0.143. The fourth-order valence-electron chi connectivity index (χ4n) is 2.33. The Kier molecular flexibility index (Phi) is 6.19. The zero-order valence-corrected chi connectivity index (χ0v) is 16.3. The van der Waals surface area contributed by atoms with E-state index in [1.54, 1.807) is 18.2 Å². The van der Waals surface area contributed by atoms with Gasteiger partial charge in [0.05, 0.1) is 17.3 Å². The smallest absolute Gasteiger partial charge is 0.217 e. The van der Waals surface area contributed by atoms with Gasteiger partial charge < -0.3 is 5.32 Å². The lowest BCUT2D eigenvalue weighted by atomic mass is 10.2. The quantitative estimate of drug-likeness (QED) is 0.612. The number of carbonyl (C=O) groups excluding carboxylic acids is 1. The summed E-state index contributed by atoms with van der Waals surface area (Å²) in [6.07, 6.45) is 0. The van der Waals surface area contributed by atoms with Gasteiger partial charge in [0, 0.05) is 17.7 Å². The summed E-state index contributed by atoms with van der Waals surface area (Å²) in [6, 6.07) is 15.3. The maximum atomic E-state index is 11.3. The molecular weight excluding hydrogens is 391 g/mol. The monoisotopic (exact) mass is 406 g/mol. The second-order valence-electron chi connectivity index (χ2n) is 5.51. The Morgan fingerprint density at radius 1 is 1.15 bits per heavy atom. The van der Waals surface area contributed by atoms with E-state index >= 15 is 0 Å². The van der Waals surface area contributed by atoms with Crippen molar-refractivity contribution in [3.05, 3.63) is 70.0 Å². The number of nitrogens with one attached hydrogen (secondary N) is 1. The average Bonchev–Trinajstić information content (AvgIpc) is 3.04. The summed E-state index contributed by atoms with van der Waals surface area (Å²) < 4.78 is 1.83. The van der Waals surface area contributed by atoms with Gasteiger partial charge in [-0.1, -0.05) is 65.3 Å². The van der Waals surface area contributed by atoms with Crippen LogP contribution in [0.15, 0.2) is 53.7 Å². The summed E-state index contributed by atoms with van der Waals surface area (Å²) in [6.45, 7) is 1.70. The first-order valence-corrected chi connectivity index (χ1v) is 9.59. The second-order valence-corrected chi connectivity index (χ2v) is 7.30. The Bertz CT molecular complexity index is 915. The highest BCUT2D eigenvalue weighted by Gasteiger charge is 2.17. The number of halogens is 2. The molecule has 1 amide bonds. The van der Waals surface area contributed by atoms with Gasteiger partial charge in [-0.25, -0.2) is 0 Å². The number of hydrogen-bond acceptors (Lipinski definition) is 4. The van der Waals surface area contributed by atoms with Crippen molar-refractivity contribution in [2.75, 3.05) is 0 Å². The summed E-state index contributed by atoms with van der Waals surface area (Å²) >= 11 is 14.1. The van der Waals surface area contributed by atoms with Crippen LogP contribution in [0.3, 0.4) is 0 Å². The Hall–Kier alpha value is -2.02. The molecule has 5 nitrogen and oxygen atoms in total. The predicted molar refractivity (Wildman–Crippen MR) is 105 cm³/mol. The van der Waals surface area contributed by atoms with Crippen LogP contribution >= 0.6 is 35.0 Å². The van der Waals surface area contributed by atoms with Gasteiger partial charge in [0.15, 0.2) is 11.0 Å². The number of carbonyl (C=O) groups is 1. The molecule has 0 spiro atoms. The van der Waals surface area contributed by atoms with Crippen LogP contribution in [0.5, 0.6) is 0 Å². The Morgan fingerprint density at radius 3 is 2.65 bits per heavy atom. The Morgan fingerprint density at radius 2 is 1.92 bits per heavy atom. The van der Waals surface area contributed by atoms with Gasteiger partial charge in [0.25, 0.3) is 0 Å². The van der Waals surface area contributed by atoms with Crippen molar-refractivity contribution in [3.8, 4) is 5.69 Å². The molecule has 8 heteroatoms. The molecule has 0 unspecified atom stereocenters. The molecule has 0 bridgehead atoms. The molecule has 1 heterocycles. The molecule has 0 fully saturated rings. The van der Waals surface area contributed by atoms with Crippen molar-refractivity contribution >= 4 is 40.9 Å². The summed E-state index contributed by atoms with van der Waals surface area (Å²) in [5.74, 6) is 1.17. The molecule has 2 aromatic carbocycles. The summed E-state index contributed by atoms with van der Waals surface area (Å²) in [5, 5.41) is 13.0. The SMILES string of the molecule is CC(=O)NCc1nnc(SCc2ccccc2)n1-c1cc(Cl)ccc1Cl. The minimum atomic E-state index is -0.143. The van der Waals surface area contributed by atoms with Gasteiger partial charge in [-0.05, 0) is 23.8 Å². The van der Waals surface area contributed by atoms with Gasteiger partial charge in [-0.15, -0.1) is 10.2 Å². The van der Waals surface area contributed by atoms with Crippen molar-refractivity contribution < 1.29 is 4.79 Å². The van der Waals surface area contributed by atoms with E-state index in [4.69, 9.17) is 23.2 Å². The fourth-order valence-corrected chi connectivity index (χ4v) is 3.62. The van der Waals surface area contributed by atoms with Crippen molar-refractivity contribution in [1.29, 1.82) is 0 Å². The molecule has 0 aliphatic carbocycles. The van der Waals surface area contributed by atoms with Crippen molar-refractivity contribution in [1.82, 2.24) is 20.1 Å². The van der Waals surface area contributed by atoms with E-state index in [0.717, 1.165) is 5.75 Å². The second kappa shape index (κ2) is 8.58. The summed E-state index contributed by atoms with van der Waals surface area (Å²) in [4.78, 5) is 11.3. The zero-order chi connectivity index (χ0) is 18.5. The van der Waals surface area contributed by atoms with Crippen LogP contribution in [-0.2, 0) is 17.1 Å². The molecule has 3 rings (SSSR count). The number of thioether (sulfide) groups is 1.